The molecule has 3 heteroatoms. The van der Waals surface area contributed by atoms with E-state index >= 15 is 0 Å². The Hall–Kier alpha value is -0.270. The fraction of sp³-hybridized carbons (Fsp3) is 0.286. The highest BCUT2D eigenvalue weighted by Crippen LogP contribution is 2.18. The quantitative estimate of drug-likeness (QED) is 0.640. The highest BCUT2D eigenvalue weighted by Gasteiger charge is 1.98. The van der Waals surface area contributed by atoms with Crippen LogP contribution >= 0.6 is 23.2 Å². The molecule has 0 N–H and O–H groups in total. The molecule has 0 aliphatic heterocycles. The summed E-state index contributed by atoms with van der Waals surface area (Å²) in [5.41, 5.74) is 0.895. The minimum atomic E-state index is 0.585. The molecule has 1 heterocycles. The Labute approximate surface area is 70.0 Å². The van der Waals surface area contributed by atoms with Crippen LogP contribution in [0.1, 0.15) is 12.6 Å². The van der Waals surface area contributed by atoms with Crippen molar-refractivity contribution in [2.24, 2.45) is 0 Å². The van der Waals surface area contributed by atoms with Gasteiger partial charge in [-0.1, -0.05) is 30.1 Å². The minimum absolute atomic E-state index is 0.585. The summed E-state index contributed by atoms with van der Waals surface area (Å²) in [5, 5.41) is 1.23. The van der Waals surface area contributed by atoms with Crippen LogP contribution in [0.15, 0.2) is 12.3 Å². The lowest BCUT2D eigenvalue weighted by molar-refractivity contribution is 1.04. The van der Waals surface area contributed by atoms with Gasteiger partial charge >= 0.3 is 0 Å². The van der Waals surface area contributed by atoms with Gasteiger partial charge in [-0.25, -0.2) is 0 Å². The monoisotopic (exact) mass is 175 g/mol. The molecule has 0 fully saturated rings. The zero-order valence-corrected chi connectivity index (χ0v) is 7.08. The summed E-state index contributed by atoms with van der Waals surface area (Å²) in [4.78, 5) is 4.03. The van der Waals surface area contributed by atoms with Crippen molar-refractivity contribution in [3.8, 4) is 0 Å². The molecule has 0 amide bonds. The predicted molar refractivity (Wildman–Crippen MR) is 43.6 cm³/mol. The normalized spacial score (nSPS) is 9.90. The molecule has 10 heavy (non-hydrogen) atoms. The molecule has 0 bridgehead atoms. The molecular weight excluding hydrogens is 169 g/mol. The van der Waals surface area contributed by atoms with E-state index in [0.717, 1.165) is 12.1 Å². The second kappa shape index (κ2) is 3.22. The molecule has 0 unspecified atom stereocenters. The van der Waals surface area contributed by atoms with Gasteiger partial charge in [-0.15, -0.1) is 0 Å². The van der Waals surface area contributed by atoms with E-state index in [9.17, 15) is 0 Å². The summed E-state index contributed by atoms with van der Waals surface area (Å²) in [5.74, 6) is 0. The van der Waals surface area contributed by atoms with Gasteiger partial charge in [0.1, 0.15) is 0 Å². The van der Waals surface area contributed by atoms with Crippen molar-refractivity contribution < 1.29 is 0 Å². The second-order valence-electron chi connectivity index (χ2n) is 1.94. The van der Waals surface area contributed by atoms with Crippen molar-refractivity contribution in [2.45, 2.75) is 13.3 Å². The van der Waals surface area contributed by atoms with E-state index in [4.69, 9.17) is 23.2 Å². The first kappa shape index (κ1) is 7.83. The SMILES string of the molecule is CCc1ncc(Cl)cc1Cl. The van der Waals surface area contributed by atoms with Crippen LogP contribution in [-0.4, -0.2) is 4.98 Å². The van der Waals surface area contributed by atoms with Gasteiger partial charge in [-0.3, -0.25) is 4.98 Å². The third-order valence-corrected chi connectivity index (χ3v) is 1.75. The molecule has 54 valence electrons. The van der Waals surface area contributed by atoms with Crippen molar-refractivity contribution in [3.63, 3.8) is 0 Å². The number of hydrogen-bond acceptors (Lipinski definition) is 1. The summed E-state index contributed by atoms with van der Waals surface area (Å²) >= 11 is 11.4. The Morgan fingerprint density at radius 3 is 2.70 bits per heavy atom. The van der Waals surface area contributed by atoms with Crippen LogP contribution in [0.4, 0.5) is 0 Å². The standard InChI is InChI=1S/C7H7Cl2N/c1-2-7-6(9)3-5(8)4-10-7/h3-4H,2H2,1H3. The van der Waals surface area contributed by atoms with Gasteiger partial charge in [-0.05, 0) is 12.5 Å². The van der Waals surface area contributed by atoms with E-state index in [1.807, 2.05) is 6.92 Å². The van der Waals surface area contributed by atoms with Gasteiger partial charge < -0.3 is 0 Å². The van der Waals surface area contributed by atoms with E-state index in [1.165, 1.54) is 0 Å². The molecule has 0 saturated heterocycles. The average Bonchev–Trinajstić information content (AvgIpc) is 1.88. The molecule has 0 saturated carbocycles. The van der Waals surface area contributed by atoms with Crippen molar-refractivity contribution in [3.05, 3.63) is 28.0 Å². The Bertz CT molecular complexity index is 235. The fourth-order valence-electron chi connectivity index (χ4n) is 0.703. The summed E-state index contributed by atoms with van der Waals surface area (Å²) in [6.45, 7) is 2.00. The molecule has 0 aromatic carbocycles. The first-order valence-corrected chi connectivity index (χ1v) is 3.79. The van der Waals surface area contributed by atoms with Crippen LogP contribution < -0.4 is 0 Å². The summed E-state index contributed by atoms with van der Waals surface area (Å²) in [7, 11) is 0. The molecule has 0 spiro atoms. The summed E-state index contributed by atoms with van der Waals surface area (Å²) in [6.07, 6.45) is 2.45. The molecular formula is C7H7Cl2N. The van der Waals surface area contributed by atoms with E-state index < -0.39 is 0 Å². The van der Waals surface area contributed by atoms with E-state index in [2.05, 4.69) is 4.98 Å². The molecule has 0 atom stereocenters. The van der Waals surface area contributed by atoms with Gasteiger partial charge in [0.05, 0.1) is 15.7 Å². The number of aromatic nitrogens is 1. The smallest absolute Gasteiger partial charge is 0.0636 e. The van der Waals surface area contributed by atoms with Crippen LogP contribution in [0, 0.1) is 0 Å². The third-order valence-electron chi connectivity index (χ3n) is 1.22. The third kappa shape index (κ3) is 1.61. The first-order chi connectivity index (χ1) is 4.74. The topological polar surface area (TPSA) is 12.9 Å². The average molecular weight is 176 g/mol. The summed E-state index contributed by atoms with van der Waals surface area (Å²) in [6, 6.07) is 1.70. The van der Waals surface area contributed by atoms with Crippen LogP contribution in [-0.2, 0) is 6.42 Å². The Balaban J connectivity index is 3.07. The van der Waals surface area contributed by atoms with Crippen LogP contribution in [0.2, 0.25) is 10.0 Å². The maximum Gasteiger partial charge on any atom is 0.0636 e. The predicted octanol–water partition coefficient (Wildman–Crippen LogP) is 2.95. The van der Waals surface area contributed by atoms with Crippen LogP contribution in [0.5, 0.6) is 0 Å². The lowest BCUT2D eigenvalue weighted by atomic mass is 10.3. The Morgan fingerprint density at radius 1 is 1.50 bits per heavy atom. The van der Waals surface area contributed by atoms with Crippen molar-refractivity contribution in [1.82, 2.24) is 4.98 Å². The number of halogens is 2. The highest BCUT2D eigenvalue weighted by atomic mass is 35.5. The summed E-state index contributed by atoms with van der Waals surface area (Å²) < 4.78 is 0. The minimum Gasteiger partial charge on any atom is -0.258 e. The number of aryl methyl sites for hydroxylation is 1. The number of nitrogens with zero attached hydrogens (tertiary/aromatic N) is 1. The maximum absolute atomic E-state index is 5.78. The maximum atomic E-state index is 5.78. The lowest BCUT2D eigenvalue weighted by Crippen LogP contribution is -1.86. The van der Waals surface area contributed by atoms with E-state index in [1.54, 1.807) is 12.3 Å². The largest absolute Gasteiger partial charge is 0.258 e. The molecule has 0 radical (unpaired) electrons. The zero-order valence-electron chi connectivity index (χ0n) is 5.56. The molecule has 1 aromatic rings. The van der Waals surface area contributed by atoms with Gasteiger partial charge in [0, 0.05) is 6.20 Å². The molecule has 1 aromatic heterocycles. The van der Waals surface area contributed by atoms with Gasteiger partial charge in [0.25, 0.3) is 0 Å². The number of hydrogen-bond donors (Lipinski definition) is 0. The Morgan fingerprint density at radius 2 is 2.20 bits per heavy atom. The molecule has 1 rings (SSSR count). The van der Waals surface area contributed by atoms with Crippen LogP contribution in [0.25, 0.3) is 0 Å². The second-order valence-corrected chi connectivity index (χ2v) is 2.78. The Kier molecular flexibility index (Phi) is 2.52. The first-order valence-electron chi connectivity index (χ1n) is 3.04. The zero-order chi connectivity index (χ0) is 7.56. The van der Waals surface area contributed by atoms with Gasteiger partial charge in [0.2, 0.25) is 0 Å². The van der Waals surface area contributed by atoms with E-state index in [-0.39, 0.29) is 0 Å². The number of rotatable bonds is 1. The van der Waals surface area contributed by atoms with E-state index in [0.29, 0.717) is 10.0 Å². The van der Waals surface area contributed by atoms with Gasteiger partial charge in [-0.2, -0.15) is 0 Å². The fourth-order valence-corrected chi connectivity index (χ4v) is 1.22. The van der Waals surface area contributed by atoms with Crippen LogP contribution in [0.3, 0.4) is 0 Å². The van der Waals surface area contributed by atoms with Crippen molar-refractivity contribution >= 4 is 23.2 Å². The number of pyridine rings is 1. The molecule has 0 aliphatic rings. The highest BCUT2D eigenvalue weighted by molar-refractivity contribution is 6.34. The van der Waals surface area contributed by atoms with Crippen molar-refractivity contribution in [2.75, 3.05) is 0 Å². The van der Waals surface area contributed by atoms with Gasteiger partial charge in [0.15, 0.2) is 0 Å². The van der Waals surface area contributed by atoms with Crippen molar-refractivity contribution in [1.29, 1.82) is 0 Å². The molecule has 1 nitrogen and oxygen atoms in total. The lowest BCUT2D eigenvalue weighted by Gasteiger charge is -1.97. The molecule has 0 aliphatic carbocycles.